The Morgan fingerprint density at radius 3 is 2.65 bits per heavy atom. The first-order valence-corrected chi connectivity index (χ1v) is 9.28. The Kier molecular flexibility index (Phi) is 3.64. The summed E-state index contributed by atoms with van der Waals surface area (Å²) in [6, 6.07) is 6.37. The molecule has 3 aromatic rings. The smallest absolute Gasteiger partial charge is 0.213 e. The lowest BCUT2D eigenvalue weighted by Gasteiger charge is -2.28. The monoisotopic (exact) mass is 327 g/mol. The van der Waals surface area contributed by atoms with Crippen LogP contribution >= 0.6 is 11.8 Å². The van der Waals surface area contributed by atoms with Gasteiger partial charge in [0.2, 0.25) is 5.95 Å². The van der Waals surface area contributed by atoms with Gasteiger partial charge >= 0.3 is 0 Å². The Balaban J connectivity index is 2.04. The maximum atomic E-state index is 4.98. The SMILES string of the molecule is Cc1ccc2nc(N3CCSCC3)n3c(C(C)C)nnc3c2c1. The van der Waals surface area contributed by atoms with Crippen LogP contribution in [0.15, 0.2) is 18.2 Å². The molecule has 2 aromatic heterocycles. The van der Waals surface area contributed by atoms with Crippen molar-refractivity contribution in [2.45, 2.75) is 26.7 Å². The van der Waals surface area contributed by atoms with Crippen LogP contribution in [-0.2, 0) is 0 Å². The number of hydrogen-bond donors (Lipinski definition) is 0. The lowest BCUT2D eigenvalue weighted by molar-refractivity contribution is 0.734. The predicted octanol–water partition coefficient (Wildman–Crippen LogP) is 3.26. The van der Waals surface area contributed by atoms with Crippen molar-refractivity contribution in [3.8, 4) is 0 Å². The summed E-state index contributed by atoms with van der Waals surface area (Å²) >= 11 is 2.01. The van der Waals surface area contributed by atoms with E-state index >= 15 is 0 Å². The van der Waals surface area contributed by atoms with E-state index in [1.54, 1.807) is 0 Å². The average molecular weight is 327 g/mol. The molecule has 0 saturated carbocycles. The van der Waals surface area contributed by atoms with Crippen LogP contribution in [0.3, 0.4) is 0 Å². The summed E-state index contributed by atoms with van der Waals surface area (Å²) in [4.78, 5) is 7.36. The van der Waals surface area contributed by atoms with Crippen LogP contribution in [0.2, 0.25) is 0 Å². The summed E-state index contributed by atoms with van der Waals surface area (Å²) < 4.78 is 2.17. The number of aromatic nitrogens is 4. The molecule has 0 radical (unpaired) electrons. The second-order valence-corrected chi connectivity index (χ2v) is 7.63. The van der Waals surface area contributed by atoms with Crippen molar-refractivity contribution in [2.75, 3.05) is 29.5 Å². The van der Waals surface area contributed by atoms with Crippen molar-refractivity contribution in [1.29, 1.82) is 0 Å². The molecule has 1 aromatic carbocycles. The molecule has 23 heavy (non-hydrogen) atoms. The summed E-state index contributed by atoms with van der Waals surface area (Å²) in [6.07, 6.45) is 0. The third-order valence-electron chi connectivity index (χ3n) is 4.31. The highest BCUT2D eigenvalue weighted by Crippen LogP contribution is 2.28. The van der Waals surface area contributed by atoms with E-state index in [2.05, 4.69) is 58.5 Å². The van der Waals surface area contributed by atoms with Gasteiger partial charge < -0.3 is 4.90 Å². The molecule has 3 heterocycles. The fraction of sp³-hybridized carbons (Fsp3) is 0.471. The van der Waals surface area contributed by atoms with Gasteiger partial charge in [0.1, 0.15) is 5.82 Å². The molecule has 0 aliphatic carbocycles. The van der Waals surface area contributed by atoms with Crippen LogP contribution in [0.1, 0.15) is 31.2 Å². The minimum atomic E-state index is 0.312. The molecule has 6 heteroatoms. The van der Waals surface area contributed by atoms with Gasteiger partial charge in [-0.15, -0.1) is 10.2 Å². The van der Waals surface area contributed by atoms with Crippen molar-refractivity contribution in [3.05, 3.63) is 29.6 Å². The molecule has 0 bridgehead atoms. The van der Waals surface area contributed by atoms with Crippen molar-refractivity contribution < 1.29 is 0 Å². The molecular formula is C17H21N5S. The Hall–Kier alpha value is -1.82. The molecule has 0 amide bonds. The fourth-order valence-corrected chi connectivity index (χ4v) is 4.00. The Labute approximate surface area is 140 Å². The van der Waals surface area contributed by atoms with E-state index in [1.807, 2.05) is 11.8 Å². The van der Waals surface area contributed by atoms with Crippen LogP contribution in [0, 0.1) is 6.92 Å². The van der Waals surface area contributed by atoms with Crippen LogP contribution in [0.25, 0.3) is 16.6 Å². The van der Waals surface area contributed by atoms with Crippen LogP contribution in [-0.4, -0.2) is 44.2 Å². The Bertz CT molecular complexity index is 864. The highest BCUT2D eigenvalue weighted by atomic mass is 32.2. The van der Waals surface area contributed by atoms with Gasteiger partial charge in [0.05, 0.1) is 5.52 Å². The number of fused-ring (bicyclic) bond motifs is 3. The van der Waals surface area contributed by atoms with Crippen LogP contribution in [0.5, 0.6) is 0 Å². The van der Waals surface area contributed by atoms with Gasteiger partial charge in [-0.1, -0.05) is 25.5 Å². The first-order valence-electron chi connectivity index (χ1n) is 8.13. The lowest BCUT2D eigenvalue weighted by atomic mass is 10.1. The van der Waals surface area contributed by atoms with E-state index in [0.29, 0.717) is 5.92 Å². The molecule has 0 unspecified atom stereocenters. The average Bonchev–Trinajstić information content (AvgIpc) is 3.00. The van der Waals surface area contributed by atoms with E-state index in [-0.39, 0.29) is 0 Å². The molecule has 5 nitrogen and oxygen atoms in total. The third-order valence-corrected chi connectivity index (χ3v) is 5.25. The normalized spacial score (nSPS) is 15.9. The van der Waals surface area contributed by atoms with Gasteiger partial charge in [0.25, 0.3) is 0 Å². The number of thioether (sulfide) groups is 1. The zero-order valence-electron chi connectivity index (χ0n) is 13.8. The van der Waals surface area contributed by atoms with E-state index in [0.717, 1.165) is 52.9 Å². The first-order chi connectivity index (χ1) is 11.1. The molecule has 1 saturated heterocycles. The zero-order valence-corrected chi connectivity index (χ0v) is 14.6. The van der Waals surface area contributed by atoms with Gasteiger partial charge in [0, 0.05) is 35.9 Å². The lowest BCUT2D eigenvalue weighted by Crippen LogP contribution is -2.34. The van der Waals surface area contributed by atoms with Gasteiger partial charge in [-0.25, -0.2) is 9.38 Å². The van der Waals surface area contributed by atoms with E-state index in [1.165, 1.54) is 5.56 Å². The minimum absolute atomic E-state index is 0.312. The van der Waals surface area contributed by atoms with Gasteiger partial charge in [0.15, 0.2) is 5.65 Å². The Morgan fingerprint density at radius 2 is 1.91 bits per heavy atom. The second-order valence-electron chi connectivity index (χ2n) is 6.40. The van der Waals surface area contributed by atoms with E-state index in [4.69, 9.17) is 4.98 Å². The first kappa shape index (κ1) is 14.8. The van der Waals surface area contributed by atoms with Crippen LogP contribution in [0.4, 0.5) is 5.95 Å². The van der Waals surface area contributed by atoms with Gasteiger partial charge in [-0.05, 0) is 19.1 Å². The number of anilines is 1. The summed E-state index contributed by atoms with van der Waals surface area (Å²) in [5, 5.41) is 10.1. The number of rotatable bonds is 2. The summed E-state index contributed by atoms with van der Waals surface area (Å²) in [5.74, 6) is 4.59. The molecule has 0 atom stereocenters. The number of benzene rings is 1. The predicted molar refractivity (Wildman–Crippen MR) is 96.7 cm³/mol. The fourth-order valence-electron chi connectivity index (χ4n) is 3.10. The van der Waals surface area contributed by atoms with E-state index in [9.17, 15) is 0 Å². The van der Waals surface area contributed by atoms with Crippen molar-refractivity contribution in [1.82, 2.24) is 19.6 Å². The van der Waals surface area contributed by atoms with Gasteiger partial charge in [-0.2, -0.15) is 11.8 Å². The summed E-state index contributed by atoms with van der Waals surface area (Å²) in [6.45, 7) is 8.48. The highest BCUT2D eigenvalue weighted by Gasteiger charge is 2.22. The highest BCUT2D eigenvalue weighted by molar-refractivity contribution is 7.99. The quantitative estimate of drug-likeness (QED) is 0.723. The molecule has 1 aliphatic heterocycles. The molecule has 4 rings (SSSR count). The summed E-state index contributed by atoms with van der Waals surface area (Å²) in [5.41, 5.74) is 3.15. The molecule has 0 spiro atoms. The van der Waals surface area contributed by atoms with Crippen molar-refractivity contribution in [3.63, 3.8) is 0 Å². The molecule has 1 aliphatic rings. The van der Waals surface area contributed by atoms with Crippen molar-refractivity contribution >= 4 is 34.3 Å². The zero-order chi connectivity index (χ0) is 16.0. The molecular weight excluding hydrogens is 306 g/mol. The van der Waals surface area contributed by atoms with Crippen LogP contribution < -0.4 is 4.90 Å². The Morgan fingerprint density at radius 1 is 1.13 bits per heavy atom. The second kappa shape index (κ2) is 5.67. The standard InChI is InChI=1S/C17H21N5S/c1-11(2)15-19-20-16-13-10-12(3)4-5-14(13)18-17(22(15)16)21-6-8-23-9-7-21/h4-5,10-11H,6-9H2,1-3H3. The number of hydrogen-bond acceptors (Lipinski definition) is 5. The molecule has 120 valence electrons. The third kappa shape index (κ3) is 2.45. The molecule has 0 N–H and O–H groups in total. The maximum Gasteiger partial charge on any atom is 0.213 e. The summed E-state index contributed by atoms with van der Waals surface area (Å²) in [7, 11) is 0. The number of nitrogens with zero attached hydrogens (tertiary/aromatic N) is 5. The largest absolute Gasteiger partial charge is 0.340 e. The topological polar surface area (TPSA) is 46.3 Å². The number of aryl methyl sites for hydroxylation is 1. The van der Waals surface area contributed by atoms with Crippen molar-refractivity contribution in [2.24, 2.45) is 0 Å². The van der Waals surface area contributed by atoms with E-state index < -0.39 is 0 Å². The van der Waals surface area contributed by atoms with Gasteiger partial charge in [-0.3, -0.25) is 0 Å². The maximum absolute atomic E-state index is 4.98. The minimum Gasteiger partial charge on any atom is -0.340 e. The molecule has 1 fully saturated rings.